The highest BCUT2D eigenvalue weighted by atomic mass is 16.6. The zero-order valence-electron chi connectivity index (χ0n) is 32.7. The maximum absolute atomic E-state index is 12.5. The van der Waals surface area contributed by atoms with Crippen molar-refractivity contribution in [3.05, 3.63) is 119 Å². The SMILES string of the molecule is Cn1c(CC[C@@](C)(N)COC(=O)C(=O)OC[C@](C)(N)CCc2ccc(C(O)CCCCc3ccccc3)n2C)ccc1C(O)CCCCc1ccccc1. The van der Waals surface area contributed by atoms with Gasteiger partial charge in [-0.2, -0.15) is 0 Å². The average molecular weight is 743 g/mol. The van der Waals surface area contributed by atoms with Crippen molar-refractivity contribution in [3.63, 3.8) is 0 Å². The molecule has 4 atom stereocenters. The maximum atomic E-state index is 12.5. The Balaban J connectivity index is 1.12. The fourth-order valence-electron chi connectivity index (χ4n) is 6.78. The minimum absolute atomic E-state index is 0.156. The van der Waals surface area contributed by atoms with Crippen molar-refractivity contribution < 1.29 is 29.3 Å². The van der Waals surface area contributed by atoms with E-state index < -0.39 is 35.2 Å². The Hall–Kier alpha value is -4.22. The molecule has 4 aromatic rings. The number of nitrogens with zero attached hydrogens (tertiary/aromatic N) is 2. The molecule has 2 aromatic heterocycles. The summed E-state index contributed by atoms with van der Waals surface area (Å²) in [5.74, 6) is -2.22. The molecule has 54 heavy (non-hydrogen) atoms. The molecule has 2 unspecified atom stereocenters. The lowest BCUT2D eigenvalue weighted by Gasteiger charge is -2.25. The number of hydrogen-bond donors (Lipinski definition) is 4. The predicted octanol–water partition coefficient (Wildman–Crippen LogP) is 6.34. The van der Waals surface area contributed by atoms with Crippen LogP contribution >= 0.6 is 0 Å². The average Bonchev–Trinajstić information content (AvgIpc) is 3.73. The molecular weight excluding hydrogens is 681 g/mol. The van der Waals surface area contributed by atoms with Gasteiger partial charge in [0.25, 0.3) is 0 Å². The van der Waals surface area contributed by atoms with Crippen LogP contribution in [0.1, 0.15) is 111 Å². The van der Waals surface area contributed by atoms with Crippen molar-refractivity contribution in [2.75, 3.05) is 13.2 Å². The van der Waals surface area contributed by atoms with Gasteiger partial charge >= 0.3 is 11.9 Å². The summed E-state index contributed by atoms with van der Waals surface area (Å²) in [4.78, 5) is 25.0. The van der Waals surface area contributed by atoms with Gasteiger partial charge in [0.1, 0.15) is 13.2 Å². The highest BCUT2D eigenvalue weighted by Crippen LogP contribution is 2.25. The number of aliphatic hydroxyl groups excluding tert-OH is 2. The molecule has 10 nitrogen and oxygen atoms in total. The maximum Gasteiger partial charge on any atom is 0.417 e. The number of carbonyl (C=O) groups is 2. The van der Waals surface area contributed by atoms with Crippen molar-refractivity contribution in [1.29, 1.82) is 0 Å². The van der Waals surface area contributed by atoms with Crippen molar-refractivity contribution in [1.82, 2.24) is 9.13 Å². The Morgan fingerprint density at radius 3 is 1.33 bits per heavy atom. The van der Waals surface area contributed by atoms with Gasteiger partial charge in [0.05, 0.1) is 12.2 Å². The third-order valence-electron chi connectivity index (χ3n) is 10.4. The molecular formula is C44H62N4O6. The molecule has 0 amide bonds. The topological polar surface area (TPSA) is 155 Å². The second-order valence-corrected chi connectivity index (χ2v) is 15.6. The molecule has 10 heteroatoms. The third-order valence-corrected chi connectivity index (χ3v) is 10.4. The van der Waals surface area contributed by atoms with Gasteiger partial charge in [-0.25, -0.2) is 9.59 Å². The summed E-state index contributed by atoms with van der Waals surface area (Å²) >= 11 is 0. The zero-order chi connectivity index (χ0) is 39.1. The Morgan fingerprint density at radius 2 is 0.963 bits per heavy atom. The van der Waals surface area contributed by atoms with E-state index >= 15 is 0 Å². The number of nitrogens with two attached hydrogens (primary N) is 2. The lowest BCUT2D eigenvalue weighted by molar-refractivity contribution is -0.169. The van der Waals surface area contributed by atoms with Crippen LogP contribution in [-0.2, 0) is 58.8 Å². The first kappa shape index (κ1) is 42.5. The molecule has 2 heterocycles. The standard InChI is InChI=1S/C44H62N4O6/c1-43(45,29-27-35-23-25-37(47(35)3)39(49)21-13-11-19-33-15-7-5-8-16-33)31-53-41(51)42(52)54-32-44(2,46)30-28-36-24-26-38(48(36)4)40(50)22-14-12-20-34-17-9-6-10-18-34/h5-10,15-18,23-26,39-40,49-50H,11-14,19-22,27-32,45-46H2,1-4H3/t39?,40?,43-,44-/m1/s1. The number of unbranched alkanes of at least 4 members (excludes halogenated alkanes) is 2. The summed E-state index contributed by atoms with van der Waals surface area (Å²) in [5, 5.41) is 21.7. The van der Waals surface area contributed by atoms with Gasteiger partial charge in [-0.05, 0) is 113 Å². The van der Waals surface area contributed by atoms with Crippen LogP contribution in [0.15, 0.2) is 84.9 Å². The molecule has 0 aliphatic carbocycles. The first-order chi connectivity index (χ1) is 25.7. The highest BCUT2D eigenvalue weighted by molar-refractivity contribution is 6.29. The number of ether oxygens (including phenoxy) is 2. The van der Waals surface area contributed by atoms with Gasteiger partial charge < -0.3 is 40.3 Å². The van der Waals surface area contributed by atoms with Crippen LogP contribution in [0.25, 0.3) is 0 Å². The first-order valence-corrected chi connectivity index (χ1v) is 19.4. The predicted molar refractivity (Wildman–Crippen MR) is 212 cm³/mol. The molecule has 0 bridgehead atoms. The number of carbonyl (C=O) groups excluding carboxylic acids is 2. The van der Waals surface area contributed by atoms with Crippen molar-refractivity contribution in [3.8, 4) is 0 Å². The van der Waals surface area contributed by atoms with Crippen LogP contribution in [-0.4, -0.2) is 55.6 Å². The van der Waals surface area contributed by atoms with E-state index in [1.165, 1.54) is 11.1 Å². The van der Waals surface area contributed by atoms with E-state index in [0.29, 0.717) is 38.5 Å². The molecule has 0 saturated carbocycles. The molecule has 4 rings (SSSR count). The number of benzene rings is 2. The van der Waals surface area contributed by atoms with Gasteiger partial charge in [-0.1, -0.05) is 73.5 Å². The van der Waals surface area contributed by atoms with Crippen LogP contribution < -0.4 is 11.5 Å². The quantitative estimate of drug-likeness (QED) is 0.0413. The number of aromatic nitrogens is 2. The number of aryl methyl sites for hydroxylation is 4. The van der Waals surface area contributed by atoms with Crippen LogP contribution in [0.5, 0.6) is 0 Å². The van der Waals surface area contributed by atoms with Crippen molar-refractivity contribution in [2.45, 2.75) is 114 Å². The fraction of sp³-hybridized carbons (Fsp3) is 0.500. The first-order valence-electron chi connectivity index (χ1n) is 19.4. The van der Waals surface area contributed by atoms with E-state index in [4.69, 9.17) is 20.9 Å². The van der Waals surface area contributed by atoms with E-state index in [0.717, 1.165) is 61.3 Å². The monoisotopic (exact) mass is 742 g/mol. The third kappa shape index (κ3) is 13.6. The van der Waals surface area contributed by atoms with Crippen molar-refractivity contribution >= 4 is 11.9 Å². The van der Waals surface area contributed by atoms with Crippen LogP contribution in [0.2, 0.25) is 0 Å². The molecule has 0 saturated heterocycles. The Kier molecular flexibility index (Phi) is 16.1. The molecule has 294 valence electrons. The summed E-state index contributed by atoms with van der Waals surface area (Å²) in [6, 6.07) is 28.6. The van der Waals surface area contributed by atoms with Gasteiger partial charge in [0, 0.05) is 47.9 Å². The molecule has 0 spiro atoms. The highest BCUT2D eigenvalue weighted by Gasteiger charge is 2.28. The summed E-state index contributed by atoms with van der Waals surface area (Å²) < 4.78 is 14.5. The minimum Gasteiger partial charge on any atom is -0.455 e. The molecule has 0 aliphatic heterocycles. The molecule has 6 N–H and O–H groups in total. The van der Waals surface area contributed by atoms with Crippen LogP contribution in [0.4, 0.5) is 0 Å². The Bertz CT molecular complexity index is 1600. The van der Waals surface area contributed by atoms with E-state index in [2.05, 4.69) is 24.3 Å². The molecule has 2 aromatic carbocycles. The van der Waals surface area contributed by atoms with Gasteiger partial charge in [-0.15, -0.1) is 0 Å². The van der Waals surface area contributed by atoms with Gasteiger partial charge in [0.15, 0.2) is 0 Å². The van der Waals surface area contributed by atoms with E-state index in [9.17, 15) is 19.8 Å². The van der Waals surface area contributed by atoms with E-state index in [1.807, 2.05) is 83.9 Å². The Labute approximate surface area is 321 Å². The number of esters is 2. The Morgan fingerprint density at radius 1 is 0.593 bits per heavy atom. The summed E-state index contributed by atoms with van der Waals surface area (Å²) in [5.41, 5.74) is 17.5. The second-order valence-electron chi connectivity index (χ2n) is 15.6. The zero-order valence-corrected chi connectivity index (χ0v) is 32.7. The summed E-state index contributed by atoms with van der Waals surface area (Å²) in [7, 11) is 3.87. The number of aliphatic hydroxyl groups is 2. The molecule has 0 fully saturated rings. The molecule has 0 radical (unpaired) electrons. The smallest absolute Gasteiger partial charge is 0.417 e. The summed E-state index contributed by atoms with van der Waals surface area (Å²) in [6.07, 6.45) is 8.32. The van der Waals surface area contributed by atoms with Gasteiger partial charge in [-0.3, -0.25) is 0 Å². The largest absolute Gasteiger partial charge is 0.455 e. The van der Waals surface area contributed by atoms with Crippen LogP contribution in [0.3, 0.4) is 0 Å². The normalized spacial score (nSPS) is 14.9. The second kappa shape index (κ2) is 20.5. The van der Waals surface area contributed by atoms with Crippen LogP contribution in [0, 0.1) is 0 Å². The number of rotatable bonds is 22. The van der Waals surface area contributed by atoms with Crippen molar-refractivity contribution in [2.24, 2.45) is 25.6 Å². The molecule has 0 aliphatic rings. The minimum atomic E-state index is -1.11. The number of hydrogen-bond acceptors (Lipinski definition) is 8. The summed E-state index contributed by atoms with van der Waals surface area (Å²) in [6.45, 7) is 3.23. The lowest BCUT2D eigenvalue weighted by atomic mass is 9.97. The van der Waals surface area contributed by atoms with Gasteiger partial charge in [0.2, 0.25) is 0 Å². The van der Waals surface area contributed by atoms with E-state index in [-0.39, 0.29) is 13.2 Å². The van der Waals surface area contributed by atoms with E-state index in [1.54, 1.807) is 13.8 Å². The lowest BCUT2D eigenvalue weighted by Crippen LogP contribution is -2.45. The fourth-order valence-corrected chi connectivity index (χ4v) is 6.78.